The van der Waals surface area contributed by atoms with Gasteiger partial charge in [-0.25, -0.2) is 4.98 Å². The Balaban J connectivity index is 2.03. The van der Waals surface area contributed by atoms with Gasteiger partial charge in [-0.05, 0) is 34.5 Å². The third kappa shape index (κ3) is 2.43. The van der Waals surface area contributed by atoms with Crippen LogP contribution < -0.4 is 14.8 Å². The van der Waals surface area contributed by atoms with Gasteiger partial charge >= 0.3 is 0 Å². The lowest BCUT2D eigenvalue weighted by Gasteiger charge is -2.10. The van der Waals surface area contributed by atoms with E-state index in [1.54, 1.807) is 12.4 Å². The van der Waals surface area contributed by atoms with Crippen LogP contribution in [0.2, 0.25) is 0 Å². The first kappa shape index (κ1) is 13.2. The summed E-state index contributed by atoms with van der Waals surface area (Å²) in [5, 5.41) is 3.29. The number of hydrogen-bond acceptors (Lipinski definition) is 5. The average Bonchev–Trinajstić information content (AvgIpc) is 2.94. The van der Waals surface area contributed by atoms with Crippen molar-refractivity contribution in [2.75, 3.05) is 18.7 Å². The van der Waals surface area contributed by atoms with E-state index in [4.69, 9.17) is 9.47 Å². The molecular formula is C14H14BrN3O2. The van der Waals surface area contributed by atoms with Crippen molar-refractivity contribution >= 4 is 21.7 Å². The van der Waals surface area contributed by atoms with Crippen LogP contribution in [0, 0.1) is 0 Å². The van der Waals surface area contributed by atoms with Gasteiger partial charge in [-0.2, -0.15) is 0 Å². The maximum atomic E-state index is 5.44. The Hall–Kier alpha value is -1.82. The van der Waals surface area contributed by atoms with E-state index in [2.05, 4.69) is 38.1 Å². The van der Waals surface area contributed by atoms with E-state index in [9.17, 15) is 0 Å². The minimum Gasteiger partial charge on any atom is -0.454 e. The van der Waals surface area contributed by atoms with Crippen LogP contribution in [-0.2, 0) is 0 Å². The van der Waals surface area contributed by atoms with Crippen molar-refractivity contribution in [2.45, 2.75) is 13.3 Å². The number of hydrogen-bond donors (Lipinski definition) is 1. The molecular weight excluding hydrogens is 322 g/mol. The largest absolute Gasteiger partial charge is 0.454 e. The smallest absolute Gasteiger partial charge is 0.231 e. The third-order valence-corrected chi connectivity index (χ3v) is 3.53. The molecule has 0 saturated carbocycles. The number of halogens is 1. The Morgan fingerprint density at radius 2 is 2.10 bits per heavy atom. The summed E-state index contributed by atoms with van der Waals surface area (Å²) in [6.07, 6.45) is 4.40. The number of nitrogens with zero attached hydrogens (tertiary/aromatic N) is 2. The zero-order valence-corrected chi connectivity index (χ0v) is 12.6. The summed E-state index contributed by atoms with van der Waals surface area (Å²) in [5.74, 6) is 2.24. The molecule has 3 rings (SSSR count). The van der Waals surface area contributed by atoms with Gasteiger partial charge in [0.25, 0.3) is 0 Å². The molecule has 0 bridgehead atoms. The number of fused-ring (bicyclic) bond motifs is 1. The fraction of sp³-hybridized carbons (Fsp3) is 0.286. The Morgan fingerprint density at radius 1 is 1.25 bits per heavy atom. The van der Waals surface area contributed by atoms with Crippen LogP contribution in [0.3, 0.4) is 0 Å². The van der Waals surface area contributed by atoms with Crippen molar-refractivity contribution in [3.8, 4) is 22.8 Å². The third-order valence-electron chi connectivity index (χ3n) is 2.94. The molecule has 0 atom stereocenters. The van der Waals surface area contributed by atoms with Crippen LogP contribution in [0.25, 0.3) is 11.3 Å². The first-order valence-corrected chi connectivity index (χ1v) is 7.23. The monoisotopic (exact) mass is 335 g/mol. The lowest BCUT2D eigenvalue weighted by molar-refractivity contribution is 0.173. The van der Waals surface area contributed by atoms with E-state index < -0.39 is 0 Å². The van der Waals surface area contributed by atoms with Gasteiger partial charge < -0.3 is 14.8 Å². The zero-order chi connectivity index (χ0) is 13.9. The van der Waals surface area contributed by atoms with Crippen molar-refractivity contribution in [1.82, 2.24) is 9.97 Å². The van der Waals surface area contributed by atoms with Crippen LogP contribution in [0.15, 0.2) is 29.0 Å². The molecule has 5 nitrogen and oxygen atoms in total. The van der Waals surface area contributed by atoms with E-state index in [1.807, 2.05) is 12.1 Å². The molecule has 2 aromatic rings. The highest BCUT2D eigenvalue weighted by atomic mass is 79.9. The molecule has 1 aliphatic rings. The summed E-state index contributed by atoms with van der Waals surface area (Å²) in [7, 11) is 0. The molecule has 0 fully saturated rings. The Morgan fingerprint density at radius 3 is 2.95 bits per heavy atom. The number of nitrogens with one attached hydrogen (secondary N) is 1. The summed E-state index contributed by atoms with van der Waals surface area (Å²) < 4.78 is 11.7. The number of anilines is 1. The molecule has 0 unspecified atom stereocenters. The second-order valence-electron chi connectivity index (χ2n) is 4.37. The minimum absolute atomic E-state index is 0.249. The van der Waals surface area contributed by atoms with Gasteiger partial charge in [0.2, 0.25) is 6.79 Å². The Labute approximate surface area is 125 Å². The van der Waals surface area contributed by atoms with Crippen LogP contribution >= 0.6 is 15.9 Å². The number of benzene rings is 1. The highest BCUT2D eigenvalue weighted by Crippen LogP contribution is 2.42. The zero-order valence-electron chi connectivity index (χ0n) is 11.0. The molecule has 0 saturated heterocycles. The Kier molecular flexibility index (Phi) is 3.73. The highest BCUT2D eigenvalue weighted by Gasteiger charge is 2.20. The summed E-state index contributed by atoms with van der Waals surface area (Å²) in [6, 6.07) is 3.89. The second kappa shape index (κ2) is 5.66. The fourth-order valence-corrected chi connectivity index (χ4v) is 2.58. The molecule has 2 heterocycles. The lowest BCUT2D eigenvalue weighted by atomic mass is 10.1. The fourth-order valence-electron chi connectivity index (χ4n) is 2.03. The quantitative estimate of drug-likeness (QED) is 0.927. The molecule has 0 spiro atoms. The molecule has 20 heavy (non-hydrogen) atoms. The summed E-state index contributed by atoms with van der Waals surface area (Å²) in [4.78, 5) is 8.78. The first-order valence-electron chi connectivity index (χ1n) is 6.44. The molecule has 6 heteroatoms. The van der Waals surface area contributed by atoms with Gasteiger partial charge in [-0.15, -0.1) is 0 Å². The normalized spacial score (nSPS) is 12.5. The van der Waals surface area contributed by atoms with Crippen LogP contribution in [0.1, 0.15) is 13.3 Å². The van der Waals surface area contributed by atoms with Crippen LogP contribution in [0.5, 0.6) is 11.5 Å². The van der Waals surface area contributed by atoms with Crippen LogP contribution in [-0.4, -0.2) is 23.3 Å². The standard InChI is InChI=1S/C14H14BrN3O2/c1-2-3-17-14-12(16-4-5-18-14)9-6-10(15)13-11(7-9)19-8-20-13/h4-7H,2-3,8H2,1H3,(H,17,18). The summed E-state index contributed by atoms with van der Waals surface area (Å²) >= 11 is 3.50. The molecule has 1 N–H and O–H groups in total. The summed E-state index contributed by atoms with van der Waals surface area (Å²) in [6.45, 7) is 3.22. The van der Waals surface area contributed by atoms with Crippen molar-refractivity contribution in [1.29, 1.82) is 0 Å². The van der Waals surface area contributed by atoms with E-state index in [0.29, 0.717) is 0 Å². The number of rotatable bonds is 4. The predicted octanol–water partition coefficient (Wildman–Crippen LogP) is 3.46. The van der Waals surface area contributed by atoms with E-state index in [-0.39, 0.29) is 6.79 Å². The molecule has 1 aromatic carbocycles. The molecule has 1 aromatic heterocycles. The maximum Gasteiger partial charge on any atom is 0.231 e. The van der Waals surface area contributed by atoms with Crippen LogP contribution in [0.4, 0.5) is 5.82 Å². The minimum atomic E-state index is 0.249. The first-order chi connectivity index (χ1) is 9.79. The number of ether oxygens (including phenoxy) is 2. The van der Waals surface area contributed by atoms with Gasteiger partial charge in [0.1, 0.15) is 5.69 Å². The van der Waals surface area contributed by atoms with E-state index in [1.165, 1.54) is 0 Å². The van der Waals surface area contributed by atoms with Crippen molar-refractivity contribution < 1.29 is 9.47 Å². The lowest BCUT2D eigenvalue weighted by Crippen LogP contribution is -2.04. The number of aromatic nitrogens is 2. The maximum absolute atomic E-state index is 5.44. The molecule has 0 amide bonds. The van der Waals surface area contributed by atoms with Gasteiger partial charge in [-0.1, -0.05) is 6.92 Å². The van der Waals surface area contributed by atoms with Crippen molar-refractivity contribution in [3.63, 3.8) is 0 Å². The van der Waals surface area contributed by atoms with Crippen molar-refractivity contribution in [3.05, 3.63) is 29.0 Å². The Bertz CT molecular complexity index is 634. The van der Waals surface area contributed by atoms with Gasteiger partial charge in [-0.3, -0.25) is 4.98 Å². The van der Waals surface area contributed by atoms with Gasteiger partial charge in [0, 0.05) is 24.5 Å². The molecule has 1 aliphatic heterocycles. The molecule has 104 valence electrons. The van der Waals surface area contributed by atoms with Gasteiger partial charge in [0.05, 0.1) is 4.47 Å². The van der Waals surface area contributed by atoms with Crippen molar-refractivity contribution in [2.24, 2.45) is 0 Å². The topological polar surface area (TPSA) is 56.3 Å². The molecule has 0 aliphatic carbocycles. The van der Waals surface area contributed by atoms with Gasteiger partial charge in [0.15, 0.2) is 17.3 Å². The SMILES string of the molecule is CCCNc1nccnc1-c1cc(Br)c2c(c1)OCO2. The highest BCUT2D eigenvalue weighted by molar-refractivity contribution is 9.10. The predicted molar refractivity (Wildman–Crippen MR) is 80.1 cm³/mol. The average molecular weight is 336 g/mol. The molecule has 0 radical (unpaired) electrons. The van der Waals surface area contributed by atoms with E-state index >= 15 is 0 Å². The summed E-state index contributed by atoms with van der Waals surface area (Å²) in [5.41, 5.74) is 1.74. The van der Waals surface area contributed by atoms with E-state index in [0.717, 1.165) is 46.0 Å². The second-order valence-corrected chi connectivity index (χ2v) is 5.23.